The van der Waals surface area contributed by atoms with E-state index in [1.165, 1.54) is 0 Å². The Morgan fingerprint density at radius 2 is 1.54 bits per heavy atom. The summed E-state index contributed by atoms with van der Waals surface area (Å²) in [5, 5.41) is 18.7. The van der Waals surface area contributed by atoms with Gasteiger partial charge in [0.05, 0.1) is 30.5 Å². The molecule has 0 radical (unpaired) electrons. The number of nitrogens with one attached hydrogen (secondary N) is 3. The average molecular weight is 712 g/mol. The van der Waals surface area contributed by atoms with E-state index in [4.69, 9.17) is 9.47 Å². The van der Waals surface area contributed by atoms with E-state index in [0.29, 0.717) is 51.5 Å². The van der Waals surface area contributed by atoms with E-state index in [1.54, 1.807) is 0 Å². The van der Waals surface area contributed by atoms with Crippen molar-refractivity contribution in [3.63, 3.8) is 0 Å². The molecule has 1 aliphatic heterocycles. The standard InChI is InChI=1S/C42H53N3O7/c46-29-38(27-33-18-8-4-9-19-33)44-39(47)28-35-22-12-1-2-13-23-36(26-32-16-6-3-7-17-32)41(49)51-31-37(45-40(35)48)24-14-15-25-43-42(50)52-30-34-20-10-5-11-21-34/h1,3-12,16-21,35-38,46H,2,13-15,22-31H2,(H,43,50)(H,44,47)(H,45,48). The number of carbonyl (C=O) groups excluding carboxylic acids is 4. The molecule has 3 aromatic rings. The zero-order valence-electron chi connectivity index (χ0n) is 29.9. The van der Waals surface area contributed by atoms with Gasteiger partial charge in [-0.2, -0.15) is 0 Å². The summed E-state index contributed by atoms with van der Waals surface area (Å²) >= 11 is 0. The van der Waals surface area contributed by atoms with Crippen molar-refractivity contribution in [2.45, 2.75) is 82.9 Å². The highest BCUT2D eigenvalue weighted by Gasteiger charge is 2.27. The SMILES string of the molecule is O=C(CC1CC=CCCCC(Cc2ccccc2)C(=O)OCC(CCCCNC(=O)OCc2ccccc2)NC1=O)NC(CO)Cc1ccccc1. The molecule has 3 aromatic carbocycles. The van der Waals surface area contributed by atoms with Gasteiger partial charge < -0.3 is 30.5 Å². The normalized spacial score (nSPS) is 19.0. The van der Waals surface area contributed by atoms with Crippen molar-refractivity contribution in [3.8, 4) is 0 Å². The van der Waals surface area contributed by atoms with Gasteiger partial charge in [0.25, 0.3) is 0 Å². The molecular formula is C42H53N3O7. The molecule has 1 heterocycles. The average Bonchev–Trinajstić information content (AvgIpc) is 3.16. The Morgan fingerprint density at radius 1 is 0.865 bits per heavy atom. The number of hydrogen-bond donors (Lipinski definition) is 4. The van der Waals surface area contributed by atoms with Crippen LogP contribution in [0.3, 0.4) is 0 Å². The number of ether oxygens (including phenoxy) is 2. The summed E-state index contributed by atoms with van der Waals surface area (Å²) in [4.78, 5) is 52.5. The molecule has 10 heteroatoms. The van der Waals surface area contributed by atoms with Crippen molar-refractivity contribution in [3.05, 3.63) is 120 Å². The second-order valence-corrected chi connectivity index (χ2v) is 13.4. The van der Waals surface area contributed by atoms with Gasteiger partial charge in [0.1, 0.15) is 13.2 Å². The summed E-state index contributed by atoms with van der Waals surface area (Å²) in [6.45, 7) is 0.339. The Hall–Kier alpha value is -4.96. The minimum absolute atomic E-state index is 0.000820. The Morgan fingerprint density at radius 3 is 2.23 bits per heavy atom. The van der Waals surface area contributed by atoms with Crippen molar-refractivity contribution in [2.24, 2.45) is 11.8 Å². The molecule has 0 aromatic heterocycles. The number of alkyl carbamates (subject to hydrolysis) is 1. The van der Waals surface area contributed by atoms with Crippen molar-refractivity contribution in [2.75, 3.05) is 19.8 Å². The molecule has 0 fully saturated rings. The van der Waals surface area contributed by atoms with Crippen molar-refractivity contribution in [1.82, 2.24) is 16.0 Å². The lowest BCUT2D eigenvalue weighted by Crippen LogP contribution is -2.45. The molecule has 0 spiro atoms. The lowest BCUT2D eigenvalue weighted by Gasteiger charge is -2.24. The maximum Gasteiger partial charge on any atom is 0.407 e. The smallest absolute Gasteiger partial charge is 0.407 e. The lowest BCUT2D eigenvalue weighted by molar-refractivity contribution is -0.150. The van der Waals surface area contributed by atoms with E-state index in [2.05, 4.69) is 16.0 Å². The van der Waals surface area contributed by atoms with E-state index in [-0.39, 0.29) is 49.9 Å². The highest BCUT2D eigenvalue weighted by molar-refractivity contribution is 5.86. The number of allylic oxidation sites excluding steroid dienone is 2. The highest BCUT2D eigenvalue weighted by atomic mass is 16.5. The maximum atomic E-state index is 13.7. The zero-order valence-corrected chi connectivity index (χ0v) is 29.9. The molecule has 1 aliphatic rings. The third kappa shape index (κ3) is 15.1. The third-order valence-corrected chi connectivity index (χ3v) is 9.12. The zero-order chi connectivity index (χ0) is 36.8. The Kier molecular flexibility index (Phi) is 17.4. The van der Waals surface area contributed by atoms with Crippen LogP contribution < -0.4 is 16.0 Å². The van der Waals surface area contributed by atoms with Gasteiger partial charge in [-0.3, -0.25) is 14.4 Å². The molecule has 3 amide bonds. The van der Waals surface area contributed by atoms with Crippen molar-refractivity contribution < 1.29 is 33.8 Å². The van der Waals surface area contributed by atoms with Crippen LogP contribution in [0.15, 0.2) is 103 Å². The summed E-state index contributed by atoms with van der Waals surface area (Å²) in [6, 6.07) is 28.0. The second kappa shape index (κ2) is 22.8. The van der Waals surface area contributed by atoms with Gasteiger partial charge in [-0.05, 0) is 74.5 Å². The number of benzene rings is 3. The molecule has 4 rings (SSSR count). The van der Waals surface area contributed by atoms with Gasteiger partial charge in [0, 0.05) is 13.0 Å². The van der Waals surface area contributed by atoms with Crippen molar-refractivity contribution in [1.29, 1.82) is 0 Å². The molecular weight excluding hydrogens is 658 g/mol. The molecule has 278 valence electrons. The molecule has 0 saturated carbocycles. The van der Waals surface area contributed by atoms with E-state index in [0.717, 1.165) is 29.5 Å². The molecule has 10 nitrogen and oxygen atoms in total. The molecule has 4 N–H and O–H groups in total. The summed E-state index contributed by atoms with van der Waals surface area (Å²) in [5.41, 5.74) is 2.95. The molecule has 52 heavy (non-hydrogen) atoms. The van der Waals surface area contributed by atoms with Crippen LogP contribution in [-0.4, -0.2) is 60.8 Å². The monoisotopic (exact) mass is 711 g/mol. The quantitative estimate of drug-likeness (QED) is 0.0884. The van der Waals surface area contributed by atoms with Crippen molar-refractivity contribution >= 4 is 23.9 Å². The number of aliphatic hydroxyl groups is 1. The number of rotatable bonds is 15. The molecule has 4 atom stereocenters. The largest absolute Gasteiger partial charge is 0.463 e. The Bertz CT molecular complexity index is 1530. The fourth-order valence-electron chi connectivity index (χ4n) is 6.21. The van der Waals surface area contributed by atoms with E-state index >= 15 is 0 Å². The minimum Gasteiger partial charge on any atom is -0.463 e. The Balaban J connectivity index is 1.36. The van der Waals surface area contributed by atoms with E-state index in [9.17, 15) is 24.3 Å². The maximum absolute atomic E-state index is 13.7. The van der Waals surface area contributed by atoms with E-state index in [1.807, 2.05) is 103 Å². The fraction of sp³-hybridized carbons (Fsp3) is 0.429. The highest BCUT2D eigenvalue weighted by Crippen LogP contribution is 2.20. The molecule has 4 unspecified atom stereocenters. The fourth-order valence-corrected chi connectivity index (χ4v) is 6.21. The van der Waals surface area contributed by atoms with Gasteiger partial charge >= 0.3 is 12.1 Å². The predicted octanol–water partition coefficient (Wildman–Crippen LogP) is 5.83. The Labute approximate surface area is 307 Å². The summed E-state index contributed by atoms with van der Waals surface area (Å²) < 4.78 is 11.2. The first-order chi connectivity index (χ1) is 25.4. The second-order valence-electron chi connectivity index (χ2n) is 13.4. The molecule has 0 bridgehead atoms. The number of amides is 3. The van der Waals surface area contributed by atoms with Crippen LogP contribution in [0.5, 0.6) is 0 Å². The van der Waals surface area contributed by atoms with Gasteiger partial charge in [0.15, 0.2) is 0 Å². The van der Waals surface area contributed by atoms with Crippen LogP contribution in [0, 0.1) is 11.8 Å². The van der Waals surface area contributed by atoms with Gasteiger partial charge in [-0.1, -0.05) is 103 Å². The third-order valence-electron chi connectivity index (χ3n) is 9.12. The van der Waals surface area contributed by atoms with Crippen LogP contribution in [0.4, 0.5) is 4.79 Å². The first kappa shape index (κ1) is 39.8. The van der Waals surface area contributed by atoms with Crippen LogP contribution >= 0.6 is 0 Å². The number of aliphatic hydroxyl groups excluding tert-OH is 1. The van der Waals surface area contributed by atoms with E-state index < -0.39 is 24.1 Å². The summed E-state index contributed by atoms with van der Waals surface area (Å²) in [7, 11) is 0. The first-order valence-corrected chi connectivity index (χ1v) is 18.4. The van der Waals surface area contributed by atoms with Crippen LogP contribution in [0.2, 0.25) is 0 Å². The summed E-state index contributed by atoms with van der Waals surface area (Å²) in [6.07, 6.45) is 8.75. The minimum atomic E-state index is -0.652. The number of cyclic esters (lactones) is 1. The first-order valence-electron chi connectivity index (χ1n) is 18.4. The van der Waals surface area contributed by atoms with Crippen LogP contribution in [0.1, 0.15) is 68.1 Å². The predicted molar refractivity (Wildman–Crippen MR) is 200 cm³/mol. The number of carbonyl (C=O) groups is 4. The van der Waals surface area contributed by atoms with Gasteiger partial charge in [0.2, 0.25) is 11.8 Å². The molecule has 0 saturated heterocycles. The van der Waals surface area contributed by atoms with Gasteiger partial charge in [-0.25, -0.2) is 4.79 Å². The number of esters is 1. The number of unbranched alkanes of at least 4 members (excludes halogenated alkanes) is 1. The van der Waals surface area contributed by atoms with Crippen LogP contribution in [0.25, 0.3) is 0 Å². The van der Waals surface area contributed by atoms with Crippen LogP contribution in [-0.2, 0) is 43.3 Å². The molecule has 0 aliphatic carbocycles. The topological polar surface area (TPSA) is 143 Å². The lowest BCUT2D eigenvalue weighted by atomic mass is 9.93. The van der Waals surface area contributed by atoms with Gasteiger partial charge in [-0.15, -0.1) is 0 Å². The number of hydrogen-bond acceptors (Lipinski definition) is 7. The summed E-state index contributed by atoms with van der Waals surface area (Å²) in [5.74, 6) is -1.88.